The molecule has 1 aliphatic rings. The summed E-state index contributed by atoms with van der Waals surface area (Å²) >= 11 is 7.89. The minimum atomic E-state index is -0.598. The number of fused-ring (bicyclic) bond motifs is 1. The lowest BCUT2D eigenvalue weighted by molar-refractivity contribution is -0.113. The summed E-state index contributed by atoms with van der Waals surface area (Å²) in [7, 11) is 1.61. The van der Waals surface area contributed by atoms with Crippen LogP contribution in [-0.4, -0.2) is 27.8 Å². The molecule has 10 heteroatoms. The second kappa shape index (κ2) is 13.9. The van der Waals surface area contributed by atoms with Gasteiger partial charge in [0.15, 0.2) is 11.5 Å². The van der Waals surface area contributed by atoms with Crippen molar-refractivity contribution in [3.05, 3.63) is 135 Å². The molecule has 6 rings (SSSR count). The number of hydrogen-bond donors (Lipinski definition) is 2. The fourth-order valence-corrected chi connectivity index (χ4v) is 6.63. The number of rotatable bonds is 10. The molecule has 0 spiro atoms. The largest absolute Gasteiger partial charge is 0.493 e. The van der Waals surface area contributed by atoms with E-state index < -0.39 is 6.04 Å². The highest BCUT2D eigenvalue weighted by molar-refractivity contribution is 7.98. The van der Waals surface area contributed by atoms with Crippen LogP contribution in [0.1, 0.15) is 46.3 Å². The fraction of sp³-hybridized carbons (Fsp3) is 0.216. The summed E-state index contributed by atoms with van der Waals surface area (Å²) in [6.07, 6.45) is 0. The van der Waals surface area contributed by atoms with E-state index >= 15 is 0 Å². The lowest BCUT2D eigenvalue weighted by Gasteiger charge is -2.29. The number of halogens is 1. The Balaban J connectivity index is 1.35. The number of nitrogens with zero attached hydrogens (tertiary/aromatic N) is 3. The standard InChI is InChI=1S/C37H36ClN5O3S/c1-22-10-13-26(14-11-22)20-46-31-17-15-27(19-32(31)45-5)34-33(35(44)40-30-16-12-23(2)18-24(30)3)25(4)39-36-41-37(42-43(34)36)47-21-28-8-6-7-9-29(28)38/h6-19,34H,20-21H2,1-5H3,(H,40,44)(H,39,41,42). The summed E-state index contributed by atoms with van der Waals surface area (Å²) in [5, 5.41) is 12.6. The first-order chi connectivity index (χ1) is 22.7. The molecule has 1 atom stereocenters. The molecule has 0 aliphatic carbocycles. The van der Waals surface area contributed by atoms with Crippen molar-refractivity contribution in [2.24, 2.45) is 0 Å². The highest BCUT2D eigenvalue weighted by Crippen LogP contribution is 2.40. The van der Waals surface area contributed by atoms with Crippen molar-refractivity contribution in [1.82, 2.24) is 14.8 Å². The van der Waals surface area contributed by atoms with E-state index in [2.05, 4.69) is 29.7 Å². The van der Waals surface area contributed by atoms with Crippen LogP contribution in [0.15, 0.2) is 101 Å². The van der Waals surface area contributed by atoms with E-state index in [0.717, 1.165) is 33.5 Å². The first-order valence-corrected chi connectivity index (χ1v) is 16.6. The number of nitrogens with one attached hydrogen (secondary N) is 2. The summed E-state index contributed by atoms with van der Waals surface area (Å²) in [6, 6.07) is 27.0. The Morgan fingerprint density at radius 2 is 1.72 bits per heavy atom. The first-order valence-electron chi connectivity index (χ1n) is 15.3. The topological polar surface area (TPSA) is 90.3 Å². The van der Waals surface area contributed by atoms with E-state index in [4.69, 9.17) is 31.2 Å². The number of anilines is 2. The van der Waals surface area contributed by atoms with E-state index in [1.54, 1.807) is 11.8 Å². The van der Waals surface area contributed by atoms with Gasteiger partial charge in [-0.05, 0) is 74.2 Å². The third kappa shape index (κ3) is 7.16. The molecule has 0 saturated carbocycles. The van der Waals surface area contributed by atoms with Crippen molar-refractivity contribution in [3.8, 4) is 11.5 Å². The predicted molar refractivity (Wildman–Crippen MR) is 189 cm³/mol. The Bertz CT molecular complexity index is 1970. The van der Waals surface area contributed by atoms with Gasteiger partial charge < -0.3 is 20.1 Å². The molecule has 4 aromatic carbocycles. The molecule has 47 heavy (non-hydrogen) atoms. The molecule has 1 unspecified atom stereocenters. The molecular formula is C37H36ClN5O3S. The van der Waals surface area contributed by atoms with Gasteiger partial charge in [-0.2, -0.15) is 4.98 Å². The number of carbonyl (C=O) groups is 1. The van der Waals surface area contributed by atoms with Crippen molar-refractivity contribution in [1.29, 1.82) is 0 Å². The number of aryl methyl sites for hydroxylation is 3. The quantitative estimate of drug-likeness (QED) is 0.144. The van der Waals surface area contributed by atoms with Crippen LogP contribution in [0.2, 0.25) is 5.02 Å². The van der Waals surface area contributed by atoms with Gasteiger partial charge in [0.05, 0.1) is 12.7 Å². The highest BCUT2D eigenvalue weighted by atomic mass is 35.5. The molecule has 1 aromatic heterocycles. The molecule has 5 aromatic rings. The maximum absolute atomic E-state index is 14.1. The number of thioether (sulfide) groups is 1. The number of methoxy groups -OCH3 is 1. The van der Waals surface area contributed by atoms with Crippen molar-refractivity contribution in [2.45, 2.75) is 51.3 Å². The van der Waals surface area contributed by atoms with E-state index in [1.807, 2.05) is 93.6 Å². The van der Waals surface area contributed by atoms with Gasteiger partial charge in [-0.25, -0.2) is 4.68 Å². The van der Waals surface area contributed by atoms with E-state index in [0.29, 0.717) is 51.3 Å². The van der Waals surface area contributed by atoms with Crippen molar-refractivity contribution in [3.63, 3.8) is 0 Å². The SMILES string of the molecule is COc1cc(C2C(C(=O)Nc3ccc(C)cc3C)=C(C)Nc3nc(SCc4ccccc4Cl)nn32)ccc1OCc1ccc(C)cc1. The first kappa shape index (κ1) is 32.2. The van der Waals surface area contributed by atoms with Gasteiger partial charge >= 0.3 is 0 Å². The molecule has 240 valence electrons. The normalized spacial score (nSPS) is 14.0. The second-order valence-corrected chi connectivity index (χ2v) is 12.9. The Labute approximate surface area is 284 Å². The van der Waals surface area contributed by atoms with Gasteiger partial charge in [0, 0.05) is 22.2 Å². The van der Waals surface area contributed by atoms with Gasteiger partial charge in [0.25, 0.3) is 5.91 Å². The van der Waals surface area contributed by atoms with E-state index in [-0.39, 0.29) is 5.91 Å². The molecule has 1 aliphatic heterocycles. The molecule has 0 radical (unpaired) electrons. The average Bonchev–Trinajstić information content (AvgIpc) is 3.47. The Hall–Kier alpha value is -4.73. The van der Waals surface area contributed by atoms with Gasteiger partial charge in [-0.1, -0.05) is 95.2 Å². The van der Waals surface area contributed by atoms with Crippen LogP contribution >= 0.6 is 23.4 Å². The predicted octanol–water partition coefficient (Wildman–Crippen LogP) is 8.66. The summed E-state index contributed by atoms with van der Waals surface area (Å²) in [4.78, 5) is 18.9. The molecule has 2 heterocycles. The monoisotopic (exact) mass is 665 g/mol. The number of benzene rings is 4. The van der Waals surface area contributed by atoms with Crippen molar-refractivity contribution in [2.75, 3.05) is 17.7 Å². The molecule has 0 saturated heterocycles. The molecule has 1 amide bonds. The molecule has 2 N–H and O–H groups in total. The number of aromatic nitrogens is 3. The minimum absolute atomic E-state index is 0.239. The van der Waals surface area contributed by atoms with Crippen LogP contribution in [0.5, 0.6) is 11.5 Å². The van der Waals surface area contributed by atoms with Gasteiger partial charge in [-0.3, -0.25) is 4.79 Å². The maximum atomic E-state index is 14.1. The van der Waals surface area contributed by atoms with Crippen LogP contribution < -0.4 is 20.1 Å². The molecule has 8 nitrogen and oxygen atoms in total. The summed E-state index contributed by atoms with van der Waals surface area (Å²) in [5.41, 5.74) is 8.08. The average molecular weight is 666 g/mol. The van der Waals surface area contributed by atoms with Crippen LogP contribution in [-0.2, 0) is 17.2 Å². The summed E-state index contributed by atoms with van der Waals surface area (Å²) in [5.74, 6) is 2.05. The lowest BCUT2D eigenvalue weighted by atomic mass is 9.94. The Kier molecular flexibility index (Phi) is 9.56. The van der Waals surface area contributed by atoms with Crippen LogP contribution in [0, 0.1) is 20.8 Å². The third-order valence-corrected chi connectivity index (χ3v) is 9.30. The zero-order chi connectivity index (χ0) is 33.1. The van der Waals surface area contributed by atoms with Crippen molar-refractivity contribution >= 4 is 40.9 Å². The van der Waals surface area contributed by atoms with E-state index in [1.165, 1.54) is 17.3 Å². The number of allylic oxidation sites excluding steroid dienone is 1. The number of ether oxygens (including phenoxy) is 2. The Morgan fingerprint density at radius 3 is 2.47 bits per heavy atom. The molecular weight excluding hydrogens is 630 g/mol. The molecule has 0 fully saturated rings. The summed E-state index contributed by atoms with van der Waals surface area (Å²) in [6.45, 7) is 8.35. The van der Waals surface area contributed by atoms with Gasteiger partial charge in [-0.15, -0.1) is 5.10 Å². The lowest BCUT2D eigenvalue weighted by Crippen LogP contribution is -2.31. The fourth-order valence-electron chi connectivity index (χ4n) is 5.51. The maximum Gasteiger partial charge on any atom is 0.255 e. The Morgan fingerprint density at radius 1 is 0.957 bits per heavy atom. The summed E-state index contributed by atoms with van der Waals surface area (Å²) < 4.78 is 13.7. The number of hydrogen-bond acceptors (Lipinski definition) is 7. The smallest absolute Gasteiger partial charge is 0.255 e. The van der Waals surface area contributed by atoms with Gasteiger partial charge in [0.1, 0.15) is 12.6 Å². The third-order valence-electron chi connectivity index (χ3n) is 8.04. The highest BCUT2D eigenvalue weighted by Gasteiger charge is 2.35. The van der Waals surface area contributed by atoms with Crippen LogP contribution in [0.3, 0.4) is 0 Å². The van der Waals surface area contributed by atoms with Crippen molar-refractivity contribution < 1.29 is 14.3 Å². The van der Waals surface area contributed by atoms with Crippen LogP contribution in [0.4, 0.5) is 11.6 Å². The molecule has 0 bridgehead atoms. The zero-order valence-electron chi connectivity index (χ0n) is 26.9. The second-order valence-electron chi connectivity index (χ2n) is 11.6. The number of amides is 1. The van der Waals surface area contributed by atoms with E-state index in [9.17, 15) is 4.79 Å². The van der Waals surface area contributed by atoms with Crippen LogP contribution in [0.25, 0.3) is 0 Å². The zero-order valence-corrected chi connectivity index (χ0v) is 28.5. The van der Waals surface area contributed by atoms with Gasteiger partial charge in [0.2, 0.25) is 11.1 Å². The minimum Gasteiger partial charge on any atom is -0.493 e. The number of carbonyl (C=O) groups excluding carboxylic acids is 1.